The van der Waals surface area contributed by atoms with Crippen LogP contribution >= 0.6 is 0 Å². The van der Waals surface area contributed by atoms with Gasteiger partial charge in [-0.25, -0.2) is 0 Å². The molecule has 0 aromatic rings. The Kier molecular flexibility index (Phi) is 3.74. The predicted molar refractivity (Wildman–Crippen MR) is 53.8 cm³/mol. The molecule has 1 saturated heterocycles. The zero-order chi connectivity index (χ0) is 10.0. The molecule has 0 saturated carbocycles. The van der Waals surface area contributed by atoms with E-state index in [1.807, 2.05) is 0 Å². The average Bonchev–Trinajstić information content (AvgIpc) is 2.13. The Hall–Kier alpha value is -0.0800. The lowest BCUT2D eigenvalue weighted by Crippen LogP contribution is -2.48. The van der Waals surface area contributed by atoms with Crippen LogP contribution in [0.5, 0.6) is 0 Å². The SMILES string of the molecule is CCC1O[C@H](C)C(C)[C@@H](C)[C@@H]1OC. The summed E-state index contributed by atoms with van der Waals surface area (Å²) in [5.74, 6) is 1.19. The van der Waals surface area contributed by atoms with Crippen LogP contribution in [0.15, 0.2) is 0 Å². The van der Waals surface area contributed by atoms with Crippen molar-refractivity contribution in [1.29, 1.82) is 0 Å². The van der Waals surface area contributed by atoms with Gasteiger partial charge in [-0.15, -0.1) is 0 Å². The highest BCUT2D eigenvalue weighted by Gasteiger charge is 2.38. The minimum atomic E-state index is 0.274. The highest BCUT2D eigenvalue weighted by atomic mass is 16.5. The Morgan fingerprint density at radius 1 is 1.15 bits per heavy atom. The lowest BCUT2D eigenvalue weighted by Gasteiger charge is -2.43. The quantitative estimate of drug-likeness (QED) is 0.659. The normalized spacial score (nSPS) is 46.4. The van der Waals surface area contributed by atoms with Crippen molar-refractivity contribution in [2.24, 2.45) is 11.8 Å². The summed E-state index contributed by atoms with van der Waals surface area (Å²) in [6.07, 6.45) is 1.97. The summed E-state index contributed by atoms with van der Waals surface area (Å²) < 4.78 is 11.4. The average molecular weight is 186 g/mol. The number of hydrogen-bond donors (Lipinski definition) is 0. The van der Waals surface area contributed by atoms with Crippen LogP contribution in [0.2, 0.25) is 0 Å². The fourth-order valence-electron chi connectivity index (χ4n) is 2.24. The summed E-state index contributed by atoms with van der Waals surface area (Å²) in [6.45, 7) is 8.83. The summed E-state index contributed by atoms with van der Waals surface area (Å²) in [6, 6.07) is 0. The fourth-order valence-corrected chi connectivity index (χ4v) is 2.24. The van der Waals surface area contributed by atoms with Crippen LogP contribution in [0, 0.1) is 11.8 Å². The van der Waals surface area contributed by atoms with E-state index in [0.29, 0.717) is 17.9 Å². The largest absolute Gasteiger partial charge is 0.378 e. The van der Waals surface area contributed by atoms with E-state index in [2.05, 4.69) is 27.7 Å². The zero-order valence-corrected chi connectivity index (χ0v) is 9.41. The molecule has 2 unspecified atom stereocenters. The van der Waals surface area contributed by atoms with Crippen LogP contribution in [-0.4, -0.2) is 25.4 Å². The first-order chi connectivity index (χ1) is 6.11. The van der Waals surface area contributed by atoms with E-state index < -0.39 is 0 Å². The minimum absolute atomic E-state index is 0.274. The summed E-state index contributed by atoms with van der Waals surface area (Å²) >= 11 is 0. The maximum atomic E-state index is 5.90. The molecular weight excluding hydrogens is 164 g/mol. The van der Waals surface area contributed by atoms with E-state index in [-0.39, 0.29) is 12.2 Å². The van der Waals surface area contributed by atoms with Gasteiger partial charge in [0.05, 0.1) is 18.3 Å². The molecule has 2 nitrogen and oxygen atoms in total. The number of rotatable bonds is 2. The predicted octanol–water partition coefficient (Wildman–Crippen LogP) is 2.47. The van der Waals surface area contributed by atoms with Crippen molar-refractivity contribution in [1.82, 2.24) is 0 Å². The van der Waals surface area contributed by atoms with Gasteiger partial charge < -0.3 is 9.47 Å². The molecule has 1 fully saturated rings. The standard InChI is InChI=1S/C11H22O2/c1-6-10-11(12-5)8(3)7(2)9(4)13-10/h7-11H,6H2,1-5H3/t7?,8-,9-,10?,11+/m1/s1. The van der Waals surface area contributed by atoms with Crippen molar-refractivity contribution < 1.29 is 9.47 Å². The third kappa shape index (κ3) is 2.05. The van der Waals surface area contributed by atoms with Gasteiger partial charge in [0, 0.05) is 7.11 Å². The molecule has 1 heterocycles. The monoisotopic (exact) mass is 186 g/mol. The van der Waals surface area contributed by atoms with Gasteiger partial charge in [0.15, 0.2) is 0 Å². The Balaban J connectivity index is 2.69. The molecule has 0 aromatic heterocycles. The van der Waals surface area contributed by atoms with E-state index >= 15 is 0 Å². The van der Waals surface area contributed by atoms with E-state index in [9.17, 15) is 0 Å². The molecule has 0 aromatic carbocycles. The van der Waals surface area contributed by atoms with Crippen molar-refractivity contribution in [3.8, 4) is 0 Å². The summed E-state index contributed by atoms with van der Waals surface area (Å²) in [4.78, 5) is 0. The second kappa shape index (κ2) is 4.43. The highest BCUT2D eigenvalue weighted by Crippen LogP contribution is 2.33. The lowest BCUT2D eigenvalue weighted by molar-refractivity contribution is -0.172. The maximum Gasteiger partial charge on any atom is 0.0861 e. The first kappa shape index (κ1) is 11.0. The Morgan fingerprint density at radius 3 is 2.23 bits per heavy atom. The number of hydrogen-bond acceptors (Lipinski definition) is 2. The fraction of sp³-hybridized carbons (Fsp3) is 1.00. The minimum Gasteiger partial charge on any atom is -0.378 e. The Labute approximate surface area is 81.6 Å². The van der Waals surface area contributed by atoms with E-state index in [0.717, 1.165) is 6.42 Å². The molecule has 78 valence electrons. The number of ether oxygens (including phenoxy) is 2. The first-order valence-corrected chi connectivity index (χ1v) is 5.30. The third-order valence-corrected chi connectivity index (χ3v) is 3.52. The molecule has 0 spiro atoms. The van der Waals surface area contributed by atoms with Gasteiger partial charge in [0.2, 0.25) is 0 Å². The van der Waals surface area contributed by atoms with Crippen LogP contribution in [-0.2, 0) is 9.47 Å². The molecule has 0 N–H and O–H groups in total. The molecule has 0 bridgehead atoms. The Bertz CT molecular complexity index is 156. The van der Waals surface area contributed by atoms with Crippen LogP contribution < -0.4 is 0 Å². The van der Waals surface area contributed by atoms with Crippen molar-refractivity contribution in [3.63, 3.8) is 0 Å². The van der Waals surface area contributed by atoms with Crippen molar-refractivity contribution >= 4 is 0 Å². The summed E-state index contributed by atoms with van der Waals surface area (Å²) in [5.41, 5.74) is 0. The maximum absolute atomic E-state index is 5.90. The smallest absolute Gasteiger partial charge is 0.0861 e. The summed E-state index contributed by atoms with van der Waals surface area (Å²) in [7, 11) is 1.79. The molecule has 5 atom stereocenters. The summed E-state index contributed by atoms with van der Waals surface area (Å²) in [5, 5.41) is 0. The van der Waals surface area contributed by atoms with Gasteiger partial charge in [-0.05, 0) is 25.2 Å². The van der Waals surface area contributed by atoms with Gasteiger partial charge >= 0.3 is 0 Å². The van der Waals surface area contributed by atoms with E-state index in [1.165, 1.54) is 0 Å². The third-order valence-electron chi connectivity index (χ3n) is 3.52. The molecule has 0 amide bonds. The van der Waals surface area contributed by atoms with E-state index in [4.69, 9.17) is 9.47 Å². The van der Waals surface area contributed by atoms with Crippen LogP contribution in [0.4, 0.5) is 0 Å². The molecule has 2 heteroatoms. The second-order valence-corrected chi connectivity index (χ2v) is 4.21. The first-order valence-electron chi connectivity index (χ1n) is 5.30. The van der Waals surface area contributed by atoms with Crippen LogP contribution in [0.25, 0.3) is 0 Å². The topological polar surface area (TPSA) is 18.5 Å². The van der Waals surface area contributed by atoms with Gasteiger partial charge in [-0.1, -0.05) is 20.8 Å². The molecule has 1 aliphatic heterocycles. The molecule has 13 heavy (non-hydrogen) atoms. The van der Waals surface area contributed by atoms with E-state index in [1.54, 1.807) is 7.11 Å². The number of methoxy groups -OCH3 is 1. The van der Waals surface area contributed by atoms with Gasteiger partial charge in [-0.3, -0.25) is 0 Å². The second-order valence-electron chi connectivity index (χ2n) is 4.21. The zero-order valence-electron chi connectivity index (χ0n) is 9.41. The van der Waals surface area contributed by atoms with Crippen molar-refractivity contribution in [3.05, 3.63) is 0 Å². The molecule has 0 radical (unpaired) electrons. The van der Waals surface area contributed by atoms with Crippen LogP contribution in [0.3, 0.4) is 0 Å². The van der Waals surface area contributed by atoms with Crippen LogP contribution in [0.1, 0.15) is 34.1 Å². The van der Waals surface area contributed by atoms with Crippen molar-refractivity contribution in [2.75, 3.05) is 7.11 Å². The molecule has 1 aliphatic rings. The lowest BCUT2D eigenvalue weighted by atomic mass is 9.81. The molecular formula is C11H22O2. The van der Waals surface area contributed by atoms with Gasteiger partial charge in [0.1, 0.15) is 0 Å². The highest BCUT2D eigenvalue weighted by molar-refractivity contribution is 4.86. The molecule has 0 aliphatic carbocycles. The van der Waals surface area contributed by atoms with Gasteiger partial charge in [-0.2, -0.15) is 0 Å². The molecule has 1 rings (SSSR count). The van der Waals surface area contributed by atoms with Gasteiger partial charge in [0.25, 0.3) is 0 Å². The van der Waals surface area contributed by atoms with Crippen molar-refractivity contribution in [2.45, 2.75) is 52.4 Å². The Morgan fingerprint density at radius 2 is 1.77 bits per heavy atom.